The van der Waals surface area contributed by atoms with Crippen molar-refractivity contribution in [2.24, 2.45) is 5.41 Å². The van der Waals surface area contributed by atoms with Crippen LogP contribution in [0.2, 0.25) is 0 Å². The van der Waals surface area contributed by atoms with Gasteiger partial charge in [-0.3, -0.25) is 4.79 Å². The summed E-state index contributed by atoms with van der Waals surface area (Å²) in [6, 6.07) is 8.95. The molecule has 0 saturated carbocycles. The largest absolute Gasteiger partial charge is 0.345 e. The number of nitrogens with zero attached hydrogens (tertiary/aromatic N) is 3. The van der Waals surface area contributed by atoms with Crippen LogP contribution in [-0.2, 0) is 4.79 Å². The van der Waals surface area contributed by atoms with Crippen molar-refractivity contribution in [1.29, 1.82) is 0 Å². The molecule has 2 fully saturated rings. The van der Waals surface area contributed by atoms with E-state index in [2.05, 4.69) is 10.6 Å². The number of hydrogen-bond acceptors (Lipinski definition) is 3. The molecule has 2 heterocycles. The summed E-state index contributed by atoms with van der Waals surface area (Å²) in [4.78, 5) is 42.9. The van der Waals surface area contributed by atoms with Crippen LogP contribution in [0.15, 0.2) is 30.3 Å². The number of nitrogens with one attached hydrogen (secondary N) is 2. The summed E-state index contributed by atoms with van der Waals surface area (Å²) in [5, 5.41) is 5.84. The average Bonchev–Trinajstić information content (AvgIpc) is 2.79. The first-order valence-electron chi connectivity index (χ1n) is 9.68. The van der Waals surface area contributed by atoms with E-state index in [-0.39, 0.29) is 24.0 Å². The topological polar surface area (TPSA) is 85.0 Å². The highest BCUT2D eigenvalue weighted by Gasteiger charge is 2.47. The molecule has 0 aliphatic carbocycles. The zero-order chi connectivity index (χ0) is 20.3. The Morgan fingerprint density at radius 2 is 1.61 bits per heavy atom. The minimum atomic E-state index is -0.454. The molecular weight excluding hydrogens is 358 g/mol. The molecule has 8 nitrogen and oxygen atoms in total. The monoisotopic (exact) mass is 387 g/mol. The second-order valence-electron chi connectivity index (χ2n) is 8.17. The van der Waals surface area contributed by atoms with Gasteiger partial charge in [-0.25, -0.2) is 9.59 Å². The Labute approximate surface area is 165 Å². The number of hydrogen-bond donors (Lipinski definition) is 2. The van der Waals surface area contributed by atoms with Crippen LogP contribution in [0.25, 0.3) is 0 Å². The zero-order valence-corrected chi connectivity index (χ0v) is 16.8. The summed E-state index contributed by atoms with van der Waals surface area (Å²) in [5.41, 5.74) is 0.268. The first-order chi connectivity index (χ1) is 13.3. The van der Waals surface area contributed by atoms with Crippen LogP contribution in [0.5, 0.6) is 0 Å². The molecule has 1 aromatic rings. The van der Waals surface area contributed by atoms with Gasteiger partial charge in [-0.2, -0.15) is 0 Å². The van der Waals surface area contributed by atoms with Gasteiger partial charge < -0.3 is 25.3 Å². The molecule has 1 spiro atoms. The lowest BCUT2D eigenvalue weighted by Crippen LogP contribution is -2.49. The van der Waals surface area contributed by atoms with Crippen LogP contribution in [0.3, 0.4) is 0 Å². The summed E-state index contributed by atoms with van der Waals surface area (Å²) >= 11 is 0. The van der Waals surface area contributed by atoms with Gasteiger partial charge in [-0.05, 0) is 26.0 Å². The molecule has 0 radical (unpaired) electrons. The Morgan fingerprint density at radius 3 is 2.14 bits per heavy atom. The van der Waals surface area contributed by atoms with Crippen LogP contribution in [0.4, 0.5) is 15.3 Å². The third-order valence-corrected chi connectivity index (χ3v) is 5.23. The molecule has 2 aliphatic rings. The molecule has 28 heavy (non-hydrogen) atoms. The summed E-state index contributed by atoms with van der Waals surface area (Å²) in [7, 11) is 1.77. The van der Waals surface area contributed by atoms with Gasteiger partial charge in [-0.15, -0.1) is 0 Å². The van der Waals surface area contributed by atoms with E-state index in [9.17, 15) is 14.4 Å². The SMILES string of the molecule is CC(C)NC(=O)N1CCN(C(=O)Nc2ccccc2)CC2(CC(=O)N(C)C2)C1. The summed E-state index contributed by atoms with van der Waals surface area (Å²) < 4.78 is 0. The summed E-state index contributed by atoms with van der Waals surface area (Å²) in [5.74, 6) is 0.0505. The second-order valence-corrected chi connectivity index (χ2v) is 8.17. The highest BCUT2D eigenvalue weighted by molar-refractivity contribution is 5.89. The maximum atomic E-state index is 12.9. The van der Waals surface area contributed by atoms with E-state index in [1.807, 2.05) is 44.2 Å². The average molecular weight is 387 g/mol. The molecule has 152 valence electrons. The number of urea groups is 2. The summed E-state index contributed by atoms with van der Waals surface area (Å²) in [6.45, 7) is 6.11. The Bertz CT molecular complexity index is 739. The smallest absolute Gasteiger partial charge is 0.321 e. The number of amides is 5. The van der Waals surface area contributed by atoms with Crippen LogP contribution < -0.4 is 10.6 Å². The van der Waals surface area contributed by atoms with Gasteiger partial charge in [0, 0.05) is 63.3 Å². The maximum Gasteiger partial charge on any atom is 0.321 e. The quantitative estimate of drug-likeness (QED) is 0.812. The van der Waals surface area contributed by atoms with Gasteiger partial charge in [0.2, 0.25) is 5.91 Å². The minimum absolute atomic E-state index is 0.0251. The third kappa shape index (κ3) is 4.55. The van der Waals surface area contributed by atoms with E-state index < -0.39 is 5.41 Å². The molecule has 8 heteroatoms. The molecule has 0 aromatic heterocycles. The lowest BCUT2D eigenvalue weighted by molar-refractivity contribution is -0.126. The van der Waals surface area contributed by atoms with Gasteiger partial charge in [0.25, 0.3) is 0 Å². The van der Waals surface area contributed by atoms with Crippen LogP contribution in [0, 0.1) is 5.41 Å². The van der Waals surface area contributed by atoms with E-state index in [1.165, 1.54) is 0 Å². The van der Waals surface area contributed by atoms with Crippen molar-refractivity contribution in [2.75, 3.05) is 45.1 Å². The van der Waals surface area contributed by atoms with E-state index in [1.54, 1.807) is 21.7 Å². The van der Waals surface area contributed by atoms with Gasteiger partial charge in [-0.1, -0.05) is 18.2 Å². The molecule has 2 saturated heterocycles. The Hall–Kier alpha value is -2.77. The fraction of sp³-hybridized carbons (Fsp3) is 0.550. The zero-order valence-electron chi connectivity index (χ0n) is 16.8. The lowest BCUT2D eigenvalue weighted by atomic mass is 9.86. The number of carbonyl (C=O) groups is 3. The fourth-order valence-corrected chi connectivity index (χ4v) is 3.98. The normalized spacial score (nSPS) is 22.6. The highest BCUT2D eigenvalue weighted by Crippen LogP contribution is 2.34. The van der Waals surface area contributed by atoms with E-state index in [0.29, 0.717) is 39.1 Å². The molecule has 1 aromatic carbocycles. The first-order valence-corrected chi connectivity index (χ1v) is 9.68. The lowest BCUT2D eigenvalue weighted by Gasteiger charge is -2.33. The third-order valence-electron chi connectivity index (χ3n) is 5.23. The van der Waals surface area contributed by atoms with Gasteiger partial charge in [0.15, 0.2) is 0 Å². The van der Waals surface area contributed by atoms with Gasteiger partial charge >= 0.3 is 12.1 Å². The fourth-order valence-electron chi connectivity index (χ4n) is 3.98. The number of carbonyl (C=O) groups excluding carboxylic acids is 3. The van der Waals surface area contributed by atoms with Crippen molar-refractivity contribution in [2.45, 2.75) is 26.3 Å². The van der Waals surface area contributed by atoms with Crippen molar-refractivity contribution in [1.82, 2.24) is 20.0 Å². The number of benzene rings is 1. The van der Waals surface area contributed by atoms with E-state index in [4.69, 9.17) is 0 Å². The predicted molar refractivity (Wildman–Crippen MR) is 107 cm³/mol. The highest BCUT2D eigenvalue weighted by atomic mass is 16.2. The Morgan fingerprint density at radius 1 is 1.00 bits per heavy atom. The molecule has 1 unspecified atom stereocenters. The summed E-state index contributed by atoms with van der Waals surface area (Å²) in [6.07, 6.45) is 0.337. The van der Waals surface area contributed by atoms with Gasteiger partial charge in [0.05, 0.1) is 0 Å². The van der Waals surface area contributed by atoms with Crippen LogP contribution in [0.1, 0.15) is 20.3 Å². The van der Waals surface area contributed by atoms with E-state index in [0.717, 1.165) is 5.69 Å². The number of rotatable bonds is 2. The standard InChI is InChI=1S/C20H29N5O3/c1-15(2)21-18(27)24-9-10-25(19(28)22-16-7-5-4-6-8-16)14-20(13-24)11-17(26)23(3)12-20/h4-8,15H,9-14H2,1-3H3,(H,21,27)(H,22,28). The van der Waals surface area contributed by atoms with Crippen molar-refractivity contribution in [3.8, 4) is 0 Å². The van der Waals surface area contributed by atoms with Gasteiger partial charge in [0.1, 0.15) is 0 Å². The molecule has 1 atom stereocenters. The first kappa shape index (κ1) is 20.0. The molecular formula is C20H29N5O3. The number of anilines is 1. The van der Waals surface area contributed by atoms with Crippen molar-refractivity contribution in [3.05, 3.63) is 30.3 Å². The minimum Gasteiger partial charge on any atom is -0.345 e. The Balaban J connectivity index is 1.79. The molecule has 2 N–H and O–H groups in total. The van der Waals surface area contributed by atoms with Crippen molar-refractivity contribution < 1.29 is 14.4 Å². The molecule has 0 bridgehead atoms. The predicted octanol–water partition coefficient (Wildman–Crippen LogP) is 1.80. The Kier molecular flexibility index (Phi) is 5.76. The maximum absolute atomic E-state index is 12.9. The van der Waals surface area contributed by atoms with Crippen LogP contribution >= 0.6 is 0 Å². The molecule has 2 aliphatic heterocycles. The molecule has 3 rings (SSSR count). The number of likely N-dealkylation sites (tertiary alicyclic amines) is 1. The molecule has 5 amide bonds. The van der Waals surface area contributed by atoms with Crippen molar-refractivity contribution in [3.63, 3.8) is 0 Å². The second kappa shape index (κ2) is 8.08. The van der Waals surface area contributed by atoms with E-state index >= 15 is 0 Å². The van der Waals surface area contributed by atoms with Crippen LogP contribution in [-0.4, -0.2) is 78.5 Å². The van der Waals surface area contributed by atoms with Crippen molar-refractivity contribution >= 4 is 23.7 Å². The number of para-hydroxylation sites is 1.